The monoisotopic (exact) mass is 366 g/mol. The molecular weight excluding hydrogens is 352 g/mol. The molecule has 1 rings (SSSR count). The molecule has 0 saturated carbocycles. The number of benzene rings is 1. The predicted molar refractivity (Wildman–Crippen MR) is 76.9 cm³/mol. The van der Waals surface area contributed by atoms with E-state index in [2.05, 4.69) is 20.7 Å². The van der Waals surface area contributed by atoms with Crippen LogP contribution in [-0.2, 0) is 10.0 Å². The minimum atomic E-state index is -4.00. The van der Waals surface area contributed by atoms with Gasteiger partial charge in [0, 0.05) is 17.1 Å². The average Bonchev–Trinajstić information content (AvgIpc) is 2.37. The van der Waals surface area contributed by atoms with Gasteiger partial charge in [0.15, 0.2) is 4.90 Å². The van der Waals surface area contributed by atoms with Crippen LogP contribution in [0.15, 0.2) is 27.6 Å². The second-order valence-electron chi connectivity index (χ2n) is 4.12. The summed E-state index contributed by atoms with van der Waals surface area (Å²) >= 11 is 3.09. The van der Waals surface area contributed by atoms with Crippen LogP contribution in [0.3, 0.4) is 0 Å². The Balaban J connectivity index is 2.97. The molecule has 1 aromatic carbocycles. The third-order valence-corrected chi connectivity index (χ3v) is 4.63. The highest BCUT2D eigenvalue weighted by Crippen LogP contribution is 2.27. The van der Waals surface area contributed by atoms with Gasteiger partial charge in [-0.3, -0.25) is 10.1 Å². The van der Waals surface area contributed by atoms with Crippen LogP contribution < -0.4 is 4.72 Å². The average molecular weight is 367 g/mol. The second kappa shape index (κ2) is 7.11. The van der Waals surface area contributed by atoms with Gasteiger partial charge in [-0.25, -0.2) is 13.1 Å². The Hall–Kier alpha value is -1.03. The smallest absolute Gasteiger partial charge is 0.289 e. The topological polar surface area (TPSA) is 110 Å². The van der Waals surface area contributed by atoms with Crippen LogP contribution in [0.25, 0.3) is 0 Å². The lowest BCUT2D eigenvalue weighted by atomic mass is 10.2. The highest BCUT2D eigenvalue weighted by atomic mass is 79.9. The zero-order valence-electron chi connectivity index (χ0n) is 10.7. The third-order valence-electron chi connectivity index (χ3n) is 2.65. The molecule has 0 aliphatic heterocycles. The van der Waals surface area contributed by atoms with Gasteiger partial charge >= 0.3 is 0 Å². The van der Waals surface area contributed by atoms with E-state index in [4.69, 9.17) is 0 Å². The summed E-state index contributed by atoms with van der Waals surface area (Å²) in [6, 6.07) is 3.70. The van der Waals surface area contributed by atoms with E-state index in [0.717, 1.165) is 6.07 Å². The van der Waals surface area contributed by atoms with Gasteiger partial charge in [0.2, 0.25) is 10.0 Å². The van der Waals surface area contributed by atoms with Gasteiger partial charge in [0.1, 0.15) is 0 Å². The molecule has 9 heteroatoms. The lowest BCUT2D eigenvalue weighted by molar-refractivity contribution is -0.387. The fourth-order valence-corrected chi connectivity index (χ4v) is 3.25. The zero-order valence-corrected chi connectivity index (χ0v) is 13.1. The predicted octanol–water partition coefficient (Wildman–Crippen LogP) is 1.80. The van der Waals surface area contributed by atoms with E-state index in [1.165, 1.54) is 12.1 Å². The van der Waals surface area contributed by atoms with Crippen molar-refractivity contribution in [2.75, 3.05) is 6.54 Å². The summed E-state index contributed by atoms with van der Waals surface area (Å²) < 4.78 is 26.8. The van der Waals surface area contributed by atoms with E-state index in [9.17, 15) is 23.6 Å². The molecule has 0 bridgehead atoms. The summed E-state index contributed by atoms with van der Waals surface area (Å²) in [5.74, 6) is 0. The van der Waals surface area contributed by atoms with E-state index < -0.39 is 31.6 Å². The number of nitrogens with one attached hydrogen (secondary N) is 1. The molecule has 0 saturated heterocycles. The summed E-state index contributed by atoms with van der Waals surface area (Å²) in [5.41, 5.74) is -0.489. The molecule has 1 unspecified atom stereocenters. The van der Waals surface area contributed by atoms with E-state index >= 15 is 0 Å². The molecule has 0 fully saturated rings. The minimum absolute atomic E-state index is 0.0149. The molecule has 0 spiro atoms. The molecular formula is C11H15BrN2O5S. The number of halogens is 1. The quantitative estimate of drug-likeness (QED) is 0.564. The zero-order chi connectivity index (χ0) is 15.3. The Kier molecular flexibility index (Phi) is 6.06. The number of nitro groups is 1. The summed E-state index contributed by atoms with van der Waals surface area (Å²) in [6.07, 6.45) is 0.159. The standard InChI is InChI=1S/C11H15BrN2O5S/c1-2-9(15)5-6-13-20(18,19)11-7-8(12)3-4-10(11)14(16)17/h3-4,7,9,13,15H,2,5-6H2,1H3. The highest BCUT2D eigenvalue weighted by Gasteiger charge is 2.25. The summed E-state index contributed by atoms with van der Waals surface area (Å²) in [4.78, 5) is 9.72. The first-order valence-electron chi connectivity index (χ1n) is 5.89. The van der Waals surface area contributed by atoms with Crippen LogP contribution in [0, 0.1) is 10.1 Å². The van der Waals surface area contributed by atoms with E-state index in [0.29, 0.717) is 10.9 Å². The van der Waals surface area contributed by atoms with Crippen molar-refractivity contribution in [1.29, 1.82) is 0 Å². The van der Waals surface area contributed by atoms with Crippen molar-refractivity contribution in [3.63, 3.8) is 0 Å². The van der Waals surface area contributed by atoms with Crippen LogP contribution in [0.5, 0.6) is 0 Å². The SMILES string of the molecule is CCC(O)CCNS(=O)(=O)c1cc(Br)ccc1[N+](=O)[O-]. The van der Waals surface area contributed by atoms with Crippen LogP contribution in [0.1, 0.15) is 19.8 Å². The Labute approximate surface area is 125 Å². The maximum atomic E-state index is 12.1. The number of sulfonamides is 1. The molecule has 112 valence electrons. The second-order valence-corrected chi connectivity index (χ2v) is 6.77. The van der Waals surface area contributed by atoms with Gasteiger partial charge < -0.3 is 5.11 Å². The maximum Gasteiger partial charge on any atom is 0.289 e. The Morgan fingerprint density at radius 2 is 2.15 bits per heavy atom. The van der Waals surface area contributed by atoms with Crippen LogP contribution >= 0.6 is 15.9 Å². The molecule has 0 heterocycles. The lowest BCUT2D eigenvalue weighted by Crippen LogP contribution is -2.27. The minimum Gasteiger partial charge on any atom is -0.393 e. The highest BCUT2D eigenvalue weighted by molar-refractivity contribution is 9.10. The fraction of sp³-hybridized carbons (Fsp3) is 0.455. The van der Waals surface area contributed by atoms with Gasteiger partial charge in [-0.15, -0.1) is 0 Å². The summed E-state index contributed by atoms with van der Waals surface area (Å²) in [5, 5.41) is 20.2. The summed E-state index contributed by atoms with van der Waals surface area (Å²) in [7, 11) is -4.00. The van der Waals surface area contributed by atoms with Crippen LogP contribution in [0.2, 0.25) is 0 Å². The summed E-state index contributed by atoms with van der Waals surface area (Å²) in [6.45, 7) is 1.79. The molecule has 0 radical (unpaired) electrons. The molecule has 0 amide bonds. The van der Waals surface area contributed by atoms with Gasteiger partial charge in [0.25, 0.3) is 5.69 Å². The van der Waals surface area contributed by atoms with Crippen LogP contribution in [0.4, 0.5) is 5.69 Å². The third kappa shape index (κ3) is 4.51. The molecule has 1 atom stereocenters. The van der Waals surface area contributed by atoms with E-state index in [1.54, 1.807) is 6.92 Å². The van der Waals surface area contributed by atoms with E-state index in [1.807, 2.05) is 0 Å². The molecule has 0 aliphatic rings. The molecule has 1 aromatic rings. The van der Waals surface area contributed by atoms with Gasteiger partial charge in [-0.2, -0.15) is 0 Å². The molecule has 0 aromatic heterocycles. The first kappa shape index (κ1) is 17.0. The molecule has 0 aliphatic carbocycles. The Morgan fingerprint density at radius 3 is 2.70 bits per heavy atom. The van der Waals surface area contributed by atoms with Crippen molar-refractivity contribution in [3.8, 4) is 0 Å². The number of nitrogens with zero attached hydrogens (tertiary/aromatic N) is 1. The number of aliphatic hydroxyl groups is 1. The Bertz CT molecular complexity index is 590. The molecule has 2 N–H and O–H groups in total. The number of hydrogen-bond donors (Lipinski definition) is 2. The first-order valence-corrected chi connectivity index (χ1v) is 8.17. The van der Waals surface area contributed by atoms with Gasteiger partial charge in [-0.05, 0) is 25.0 Å². The fourth-order valence-electron chi connectivity index (χ4n) is 1.50. The van der Waals surface area contributed by atoms with E-state index in [-0.39, 0.29) is 13.0 Å². The normalized spacial score (nSPS) is 13.2. The van der Waals surface area contributed by atoms with Gasteiger partial charge in [-0.1, -0.05) is 22.9 Å². The Morgan fingerprint density at radius 1 is 1.50 bits per heavy atom. The number of rotatable bonds is 7. The van der Waals surface area contributed by atoms with Crippen LogP contribution in [-0.4, -0.2) is 31.1 Å². The number of aliphatic hydroxyl groups excluding tert-OH is 1. The van der Waals surface area contributed by atoms with Crippen molar-refractivity contribution in [1.82, 2.24) is 4.72 Å². The maximum absolute atomic E-state index is 12.1. The number of nitro benzene ring substituents is 1. The van der Waals surface area contributed by atoms with Crippen molar-refractivity contribution < 1.29 is 18.4 Å². The lowest BCUT2D eigenvalue weighted by Gasteiger charge is -2.10. The first-order chi connectivity index (χ1) is 9.27. The van der Waals surface area contributed by atoms with Crippen molar-refractivity contribution >= 4 is 31.6 Å². The number of hydrogen-bond acceptors (Lipinski definition) is 5. The van der Waals surface area contributed by atoms with Gasteiger partial charge in [0.05, 0.1) is 11.0 Å². The van der Waals surface area contributed by atoms with Crippen molar-refractivity contribution in [2.45, 2.75) is 30.8 Å². The molecule has 20 heavy (non-hydrogen) atoms. The van der Waals surface area contributed by atoms with Crippen molar-refractivity contribution in [2.24, 2.45) is 0 Å². The largest absolute Gasteiger partial charge is 0.393 e. The molecule has 7 nitrogen and oxygen atoms in total. The van der Waals surface area contributed by atoms with Crippen molar-refractivity contribution in [3.05, 3.63) is 32.8 Å².